The highest BCUT2D eigenvalue weighted by Gasteiger charge is 2.22. The molecule has 2 rings (SSSR count). The predicted octanol–water partition coefficient (Wildman–Crippen LogP) is 7.61. The molecule has 0 aliphatic carbocycles. The number of nitrogens with zero attached hydrogens (tertiary/aromatic N) is 1. The van der Waals surface area contributed by atoms with Crippen molar-refractivity contribution in [2.45, 2.75) is 92.6 Å². The van der Waals surface area contributed by atoms with Crippen molar-refractivity contribution < 1.29 is 9.53 Å². The van der Waals surface area contributed by atoms with Gasteiger partial charge in [0, 0.05) is 18.2 Å². The third-order valence-corrected chi connectivity index (χ3v) is 7.54. The number of aromatic nitrogens is 1. The predicted molar refractivity (Wildman–Crippen MR) is 128 cm³/mol. The van der Waals surface area contributed by atoms with E-state index >= 15 is 0 Å². The minimum Gasteiger partial charge on any atom is -0.457 e. The van der Waals surface area contributed by atoms with Gasteiger partial charge in [0.15, 0.2) is 0 Å². The molecule has 0 spiro atoms. The van der Waals surface area contributed by atoms with Crippen LogP contribution in [-0.2, 0) is 9.53 Å². The van der Waals surface area contributed by atoms with Crippen molar-refractivity contribution in [2.24, 2.45) is 23.7 Å². The SMILES string of the molecule is C/C(=C\c1csc(C)n1)C1C/C=C\CCC[C@H](C)[C@H](C)[C@@H](C)C[C@H](C)CCC(=O)O1. The molecule has 0 aromatic carbocycles. The van der Waals surface area contributed by atoms with Gasteiger partial charge in [-0.2, -0.15) is 0 Å². The standard InChI is InChI=1S/C26H41NO2S/c1-18-13-14-26(28)29-25(21(4)16-24-17-30-23(6)27-24)12-10-8-7-9-11-19(2)22(5)20(3)15-18/h8,10,16-20,22,25H,7,9,11-15H2,1-6H3/b10-8-,21-16+/t18-,19+,20+,22+,25?/m1/s1. The fourth-order valence-electron chi connectivity index (χ4n) is 4.37. The molecule has 1 unspecified atom stereocenters. The molecule has 2 heterocycles. The summed E-state index contributed by atoms with van der Waals surface area (Å²) in [5, 5.41) is 3.10. The van der Waals surface area contributed by atoms with E-state index in [1.54, 1.807) is 11.3 Å². The molecule has 1 aromatic heterocycles. The van der Waals surface area contributed by atoms with Crippen LogP contribution in [-0.4, -0.2) is 17.1 Å². The number of esters is 1. The van der Waals surface area contributed by atoms with Crippen LogP contribution < -0.4 is 0 Å². The second-order valence-corrected chi connectivity index (χ2v) is 10.6. The molecule has 5 atom stereocenters. The van der Waals surface area contributed by atoms with Crippen LogP contribution in [0.3, 0.4) is 0 Å². The van der Waals surface area contributed by atoms with Gasteiger partial charge in [-0.1, -0.05) is 46.3 Å². The lowest BCUT2D eigenvalue weighted by Crippen LogP contribution is -2.21. The first-order chi connectivity index (χ1) is 14.3. The molecule has 1 aliphatic heterocycles. The third kappa shape index (κ3) is 8.37. The molecule has 0 saturated heterocycles. The lowest BCUT2D eigenvalue weighted by atomic mass is 9.78. The summed E-state index contributed by atoms with van der Waals surface area (Å²) in [5.74, 6) is 2.63. The number of hydrogen-bond acceptors (Lipinski definition) is 4. The summed E-state index contributed by atoms with van der Waals surface area (Å²) in [6.07, 6.45) is 13.2. The van der Waals surface area contributed by atoms with Gasteiger partial charge in [-0.25, -0.2) is 4.98 Å². The van der Waals surface area contributed by atoms with Crippen LogP contribution in [0.1, 0.15) is 90.3 Å². The van der Waals surface area contributed by atoms with Crippen LogP contribution in [0, 0.1) is 30.6 Å². The summed E-state index contributed by atoms with van der Waals surface area (Å²) in [4.78, 5) is 17.1. The van der Waals surface area contributed by atoms with Crippen LogP contribution in [0.2, 0.25) is 0 Å². The average molecular weight is 432 g/mol. The first-order valence-electron chi connectivity index (χ1n) is 11.7. The maximum Gasteiger partial charge on any atom is 0.306 e. The maximum absolute atomic E-state index is 12.6. The third-order valence-electron chi connectivity index (χ3n) is 6.75. The first kappa shape index (κ1) is 24.8. The van der Waals surface area contributed by atoms with Crippen molar-refractivity contribution in [3.63, 3.8) is 0 Å². The lowest BCUT2D eigenvalue weighted by Gasteiger charge is -2.28. The second-order valence-electron chi connectivity index (χ2n) is 9.49. The van der Waals surface area contributed by atoms with Gasteiger partial charge in [0.2, 0.25) is 0 Å². The van der Waals surface area contributed by atoms with Gasteiger partial charge < -0.3 is 4.74 Å². The Morgan fingerprint density at radius 1 is 1.17 bits per heavy atom. The molecule has 0 amide bonds. The van der Waals surface area contributed by atoms with Crippen LogP contribution in [0.5, 0.6) is 0 Å². The zero-order valence-corrected chi connectivity index (χ0v) is 20.6. The quantitative estimate of drug-likeness (QED) is 0.357. The zero-order valence-electron chi connectivity index (χ0n) is 19.8. The van der Waals surface area contributed by atoms with E-state index in [4.69, 9.17) is 4.74 Å². The topological polar surface area (TPSA) is 39.2 Å². The fourth-order valence-corrected chi connectivity index (χ4v) is 4.94. The van der Waals surface area contributed by atoms with E-state index in [0.717, 1.165) is 47.4 Å². The molecule has 3 nitrogen and oxygen atoms in total. The summed E-state index contributed by atoms with van der Waals surface area (Å²) in [6, 6.07) is 0. The smallest absolute Gasteiger partial charge is 0.306 e. The van der Waals surface area contributed by atoms with Crippen molar-refractivity contribution in [1.29, 1.82) is 0 Å². The second kappa shape index (κ2) is 12.4. The van der Waals surface area contributed by atoms with Gasteiger partial charge in [-0.15, -0.1) is 11.3 Å². The molecule has 0 bridgehead atoms. The Labute approximate surface area is 188 Å². The number of carbonyl (C=O) groups is 1. The minimum atomic E-state index is -0.211. The number of rotatable bonds is 2. The fraction of sp³-hybridized carbons (Fsp3) is 0.692. The lowest BCUT2D eigenvalue weighted by molar-refractivity contribution is -0.147. The van der Waals surface area contributed by atoms with E-state index in [-0.39, 0.29) is 12.1 Å². The van der Waals surface area contributed by atoms with Crippen molar-refractivity contribution in [2.75, 3.05) is 0 Å². The van der Waals surface area contributed by atoms with E-state index in [1.807, 2.05) is 13.8 Å². The molecular formula is C26H41NO2S. The molecular weight excluding hydrogens is 390 g/mol. The minimum absolute atomic E-state index is 0.0800. The Balaban J connectivity index is 2.10. The molecule has 0 radical (unpaired) electrons. The van der Waals surface area contributed by atoms with Crippen molar-refractivity contribution in [3.05, 3.63) is 33.8 Å². The van der Waals surface area contributed by atoms with E-state index in [9.17, 15) is 4.79 Å². The van der Waals surface area contributed by atoms with Crippen molar-refractivity contribution in [3.8, 4) is 0 Å². The summed E-state index contributed by atoms with van der Waals surface area (Å²) in [7, 11) is 0. The van der Waals surface area contributed by atoms with Gasteiger partial charge in [0.25, 0.3) is 0 Å². The number of cyclic esters (lactones) is 1. The molecule has 30 heavy (non-hydrogen) atoms. The van der Waals surface area contributed by atoms with Crippen LogP contribution in [0.25, 0.3) is 6.08 Å². The number of hydrogen-bond donors (Lipinski definition) is 0. The van der Waals surface area contributed by atoms with Crippen LogP contribution in [0.4, 0.5) is 0 Å². The number of aryl methyl sites for hydroxylation is 1. The van der Waals surface area contributed by atoms with Gasteiger partial charge in [-0.05, 0) is 74.9 Å². The number of allylic oxidation sites excluding steroid dienone is 1. The van der Waals surface area contributed by atoms with Crippen molar-refractivity contribution >= 4 is 23.4 Å². The van der Waals surface area contributed by atoms with E-state index in [0.29, 0.717) is 18.3 Å². The van der Waals surface area contributed by atoms with Gasteiger partial charge in [0.1, 0.15) is 6.10 Å². The molecule has 1 aromatic rings. The van der Waals surface area contributed by atoms with Crippen molar-refractivity contribution in [1.82, 2.24) is 4.98 Å². The number of ether oxygens (including phenoxy) is 1. The maximum atomic E-state index is 12.6. The van der Waals surface area contributed by atoms with Gasteiger partial charge >= 0.3 is 5.97 Å². The number of thiazole rings is 1. The van der Waals surface area contributed by atoms with E-state index in [1.165, 1.54) is 19.3 Å². The van der Waals surface area contributed by atoms with E-state index < -0.39 is 0 Å². The Morgan fingerprint density at radius 2 is 1.93 bits per heavy atom. The molecule has 1 aliphatic rings. The Bertz CT molecular complexity index is 720. The normalized spacial score (nSPS) is 31.9. The molecule has 0 saturated carbocycles. The number of carbonyl (C=O) groups excluding carboxylic acids is 1. The average Bonchev–Trinajstić information content (AvgIpc) is 3.10. The van der Waals surface area contributed by atoms with Crippen LogP contribution in [0.15, 0.2) is 23.1 Å². The molecule has 0 N–H and O–H groups in total. The molecule has 168 valence electrons. The van der Waals surface area contributed by atoms with Crippen LogP contribution >= 0.6 is 11.3 Å². The van der Waals surface area contributed by atoms with Gasteiger partial charge in [-0.3, -0.25) is 4.79 Å². The zero-order chi connectivity index (χ0) is 22.1. The largest absolute Gasteiger partial charge is 0.457 e. The first-order valence-corrected chi connectivity index (χ1v) is 12.6. The Kier molecular flexibility index (Phi) is 10.3. The summed E-state index contributed by atoms with van der Waals surface area (Å²) >= 11 is 1.64. The highest BCUT2D eigenvalue weighted by molar-refractivity contribution is 7.09. The monoisotopic (exact) mass is 431 g/mol. The summed E-state index contributed by atoms with van der Waals surface area (Å²) < 4.78 is 5.92. The highest BCUT2D eigenvalue weighted by atomic mass is 32.1. The van der Waals surface area contributed by atoms with Gasteiger partial charge in [0.05, 0.1) is 10.7 Å². The highest BCUT2D eigenvalue weighted by Crippen LogP contribution is 2.31. The van der Waals surface area contributed by atoms with E-state index in [2.05, 4.69) is 56.3 Å². The Morgan fingerprint density at radius 3 is 2.63 bits per heavy atom. The molecule has 4 heteroatoms. The molecule has 0 fully saturated rings. The summed E-state index contributed by atoms with van der Waals surface area (Å²) in [6.45, 7) is 13.5. The Hall–Kier alpha value is -1.42. The summed E-state index contributed by atoms with van der Waals surface area (Å²) in [5.41, 5.74) is 2.01.